The van der Waals surface area contributed by atoms with E-state index in [0.29, 0.717) is 41.8 Å². The summed E-state index contributed by atoms with van der Waals surface area (Å²) in [6.45, 7) is 3.89. The van der Waals surface area contributed by atoms with E-state index in [1.807, 2.05) is 55.5 Å². The van der Waals surface area contributed by atoms with Gasteiger partial charge in [0.15, 0.2) is 0 Å². The molecule has 2 aromatic carbocycles. The molecule has 2 aromatic heterocycles. The molecular weight excluding hydrogens is 536 g/mol. The lowest BCUT2D eigenvalue weighted by Gasteiger charge is -2.23. The topological polar surface area (TPSA) is 118 Å². The van der Waals surface area contributed by atoms with Crippen molar-refractivity contribution in [1.82, 2.24) is 20.3 Å². The van der Waals surface area contributed by atoms with Crippen molar-refractivity contribution in [2.75, 3.05) is 23.1 Å². The molecule has 10 heteroatoms. The van der Waals surface area contributed by atoms with Crippen molar-refractivity contribution in [3.8, 4) is 22.9 Å². The summed E-state index contributed by atoms with van der Waals surface area (Å²) in [5.74, 6) is 1.62. The second-order valence-electron chi connectivity index (χ2n) is 10.9. The summed E-state index contributed by atoms with van der Waals surface area (Å²) in [6.07, 6.45) is 10.0. The van der Waals surface area contributed by atoms with Crippen LogP contribution in [-0.2, 0) is 10.0 Å². The van der Waals surface area contributed by atoms with Crippen LogP contribution in [0.2, 0.25) is 0 Å². The van der Waals surface area contributed by atoms with Crippen LogP contribution in [0.1, 0.15) is 50.5 Å². The Labute approximate surface area is 241 Å². The number of nitrogens with zero attached hydrogens (tertiary/aromatic N) is 3. The molecule has 1 saturated heterocycles. The van der Waals surface area contributed by atoms with Crippen LogP contribution in [0.4, 0.5) is 11.6 Å². The molecule has 214 valence electrons. The number of hydrogen-bond acceptors (Lipinski definition) is 8. The summed E-state index contributed by atoms with van der Waals surface area (Å²) >= 11 is 0. The number of nitrogens with one attached hydrogen (secondary N) is 3. The van der Waals surface area contributed by atoms with Gasteiger partial charge in [-0.3, -0.25) is 4.72 Å². The smallest absolute Gasteiger partial charge is 0.235 e. The highest BCUT2D eigenvalue weighted by Crippen LogP contribution is 2.39. The summed E-state index contributed by atoms with van der Waals surface area (Å²) in [5.41, 5.74) is 2.91. The molecule has 2 fully saturated rings. The zero-order chi connectivity index (χ0) is 28.2. The molecule has 4 aromatic rings. The molecule has 9 nitrogen and oxygen atoms in total. The van der Waals surface area contributed by atoms with Gasteiger partial charge in [-0.15, -0.1) is 0 Å². The Kier molecular flexibility index (Phi) is 8.02. The zero-order valence-electron chi connectivity index (χ0n) is 23.3. The fraction of sp³-hybridized carbons (Fsp3) is 0.387. The van der Waals surface area contributed by atoms with Crippen molar-refractivity contribution in [2.24, 2.45) is 0 Å². The Morgan fingerprint density at radius 2 is 1.78 bits per heavy atom. The predicted molar refractivity (Wildman–Crippen MR) is 163 cm³/mol. The number of ether oxygens (including phenoxy) is 1. The van der Waals surface area contributed by atoms with Crippen molar-refractivity contribution >= 4 is 32.4 Å². The third kappa shape index (κ3) is 6.13. The highest BCUT2D eigenvalue weighted by atomic mass is 32.2. The minimum absolute atomic E-state index is 0.284. The van der Waals surface area contributed by atoms with Gasteiger partial charge >= 0.3 is 0 Å². The van der Waals surface area contributed by atoms with Crippen LogP contribution >= 0.6 is 0 Å². The third-order valence-corrected chi connectivity index (χ3v) is 9.84. The van der Waals surface area contributed by atoms with Crippen molar-refractivity contribution in [3.05, 3.63) is 66.5 Å². The quantitative estimate of drug-likeness (QED) is 0.234. The summed E-state index contributed by atoms with van der Waals surface area (Å²) in [7, 11) is -3.49. The van der Waals surface area contributed by atoms with E-state index in [1.165, 1.54) is 0 Å². The van der Waals surface area contributed by atoms with Crippen LogP contribution in [0, 0.1) is 6.92 Å². The SMILES string of the molecule is Cc1ccc2c(NS(=O)(=O)C3CCCCC3)cccc2c1Oc1ncccc1-c1ccnc(N[C@H]2CCCNC2)n1. The molecule has 1 aliphatic carbocycles. The molecule has 1 saturated carbocycles. The number of benzene rings is 2. The summed E-state index contributed by atoms with van der Waals surface area (Å²) in [5, 5.41) is 8.07. The van der Waals surface area contributed by atoms with Gasteiger partial charge in [0.05, 0.1) is 22.2 Å². The maximum Gasteiger partial charge on any atom is 0.235 e. The molecule has 0 amide bonds. The Bertz CT molecular complexity index is 1630. The minimum atomic E-state index is -3.49. The second kappa shape index (κ2) is 12.0. The number of hydrogen-bond donors (Lipinski definition) is 3. The van der Waals surface area contributed by atoms with E-state index in [0.717, 1.165) is 67.1 Å². The summed E-state index contributed by atoms with van der Waals surface area (Å²) in [4.78, 5) is 13.8. The third-order valence-electron chi connectivity index (χ3n) is 7.98. The van der Waals surface area contributed by atoms with Gasteiger partial charge < -0.3 is 15.4 Å². The second-order valence-corrected chi connectivity index (χ2v) is 12.9. The van der Waals surface area contributed by atoms with Crippen LogP contribution in [0.5, 0.6) is 11.6 Å². The number of aromatic nitrogens is 3. The van der Waals surface area contributed by atoms with Gasteiger partial charge in [0.1, 0.15) is 5.75 Å². The van der Waals surface area contributed by atoms with Crippen LogP contribution in [-0.4, -0.2) is 47.8 Å². The lowest BCUT2D eigenvalue weighted by Crippen LogP contribution is -2.38. The van der Waals surface area contributed by atoms with Crippen LogP contribution < -0.4 is 20.1 Å². The van der Waals surface area contributed by atoms with E-state index < -0.39 is 10.0 Å². The normalized spacial score (nSPS) is 18.2. The number of fused-ring (bicyclic) bond motifs is 1. The lowest BCUT2D eigenvalue weighted by atomic mass is 10.0. The Morgan fingerprint density at radius 1 is 0.902 bits per heavy atom. The molecule has 3 N–H and O–H groups in total. The molecule has 2 aliphatic rings. The van der Waals surface area contributed by atoms with Gasteiger partial charge in [0.25, 0.3) is 0 Å². The van der Waals surface area contributed by atoms with E-state index in [2.05, 4.69) is 25.3 Å². The molecule has 3 heterocycles. The Balaban J connectivity index is 1.31. The van der Waals surface area contributed by atoms with Gasteiger partial charge in [-0.05, 0) is 69.0 Å². The van der Waals surface area contributed by atoms with Gasteiger partial charge in [-0.2, -0.15) is 0 Å². The minimum Gasteiger partial charge on any atom is -0.437 e. The first kappa shape index (κ1) is 27.4. The lowest BCUT2D eigenvalue weighted by molar-refractivity contribution is 0.466. The van der Waals surface area contributed by atoms with Crippen molar-refractivity contribution in [1.29, 1.82) is 0 Å². The number of piperidine rings is 1. The molecule has 1 aliphatic heterocycles. The van der Waals surface area contributed by atoms with E-state index in [1.54, 1.807) is 12.4 Å². The summed E-state index contributed by atoms with van der Waals surface area (Å²) < 4.78 is 35.9. The fourth-order valence-corrected chi connectivity index (χ4v) is 7.38. The zero-order valence-corrected chi connectivity index (χ0v) is 24.1. The van der Waals surface area contributed by atoms with E-state index in [9.17, 15) is 8.42 Å². The van der Waals surface area contributed by atoms with Gasteiger partial charge in [0.2, 0.25) is 21.9 Å². The number of anilines is 2. The number of aryl methyl sites for hydroxylation is 1. The average Bonchev–Trinajstić information content (AvgIpc) is 3.00. The van der Waals surface area contributed by atoms with Crippen LogP contribution in [0.25, 0.3) is 22.0 Å². The largest absolute Gasteiger partial charge is 0.437 e. The molecule has 41 heavy (non-hydrogen) atoms. The van der Waals surface area contributed by atoms with Crippen molar-refractivity contribution in [3.63, 3.8) is 0 Å². The van der Waals surface area contributed by atoms with Crippen LogP contribution in [0.3, 0.4) is 0 Å². The summed E-state index contributed by atoms with van der Waals surface area (Å²) in [6, 6.07) is 15.4. The van der Waals surface area contributed by atoms with Gasteiger partial charge in [-0.1, -0.05) is 43.5 Å². The molecule has 6 rings (SSSR count). The number of rotatable bonds is 8. The fourth-order valence-electron chi connectivity index (χ4n) is 5.78. The van der Waals surface area contributed by atoms with E-state index in [-0.39, 0.29) is 11.3 Å². The van der Waals surface area contributed by atoms with Crippen molar-refractivity contribution in [2.45, 2.75) is 63.2 Å². The maximum absolute atomic E-state index is 13.2. The Hall–Kier alpha value is -3.76. The first-order chi connectivity index (χ1) is 20.0. The van der Waals surface area contributed by atoms with E-state index >= 15 is 0 Å². The first-order valence-electron chi connectivity index (χ1n) is 14.5. The highest BCUT2D eigenvalue weighted by molar-refractivity contribution is 7.93. The Morgan fingerprint density at radius 3 is 2.61 bits per heavy atom. The van der Waals surface area contributed by atoms with Gasteiger partial charge in [-0.25, -0.2) is 23.4 Å². The highest BCUT2D eigenvalue weighted by Gasteiger charge is 2.28. The average molecular weight is 573 g/mol. The van der Waals surface area contributed by atoms with E-state index in [4.69, 9.17) is 9.72 Å². The van der Waals surface area contributed by atoms with Crippen molar-refractivity contribution < 1.29 is 13.2 Å². The molecule has 0 radical (unpaired) electrons. The monoisotopic (exact) mass is 572 g/mol. The van der Waals surface area contributed by atoms with Gasteiger partial charge in [0, 0.05) is 35.8 Å². The maximum atomic E-state index is 13.2. The molecule has 1 atom stereocenters. The number of pyridine rings is 1. The number of sulfonamides is 1. The molecule has 0 bridgehead atoms. The predicted octanol–water partition coefficient (Wildman–Crippen LogP) is 6.03. The standard InChI is InChI=1S/C31H36N6O3S/c1-21-14-15-24-25(11-5-13-28(24)37-41(38,39)23-9-3-2-4-10-23)29(21)40-30-26(12-7-18-33-30)27-16-19-34-31(36-27)35-22-8-6-17-32-20-22/h5,7,11-16,18-19,22-23,32,37H,2-4,6,8-10,17,20H2,1H3,(H,34,35,36)/t22-/m0/s1. The molecule has 0 spiro atoms. The first-order valence-corrected chi connectivity index (χ1v) is 16.0. The molecule has 0 unspecified atom stereocenters. The molecular formula is C31H36N6O3S. The van der Waals surface area contributed by atoms with Crippen LogP contribution in [0.15, 0.2) is 60.9 Å².